The van der Waals surface area contributed by atoms with Gasteiger partial charge >= 0.3 is 5.97 Å². The molecule has 3 N–H and O–H groups in total. The number of hydrogen-bond donors (Lipinski definition) is 3. The second-order valence-electron chi connectivity index (χ2n) is 6.35. The van der Waals surface area contributed by atoms with E-state index in [1.165, 1.54) is 30.2 Å². The van der Waals surface area contributed by atoms with Gasteiger partial charge in [0.15, 0.2) is 5.76 Å². The van der Waals surface area contributed by atoms with Crippen LogP contribution in [0.15, 0.2) is 76.2 Å². The highest BCUT2D eigenvalue weighted by atomic mass is 32.2. The number of carbonyl (C=O) groups excluding carboxylic acids is 2. The van der Waals surface area contributed by atoms with Gasteiger partial charge in [0.1, 0.15) is 0 Å². The second-order valence-corrected chi connectivity index (χ2v) is 7.62. The Kier molecular flexibility index (Phi) is 6.92. The predicted molar refractivity (Wildman–Crippen MR) is 115 cm³/mol. The van der Waals surface area contributed by atoms with Crippen molar-refractivity contribution in [2.24, 2.45) is 0 Å². The standard InChI is InChI=1S/C22H20N2O5S/c1-2-19(21(26)23-15-10-8-14(9-11-15)22(27)28)30-17-6-3-5-16(13-17)24-20(25)18-7-4-12-29-18/h3-13,19H,2H2,1H3,(H,23,26)(H,24,25)(H,27,28). The van der Waals surface area contributed by atoms with Crippen LogP contribution in [0.2, 0.25) is 0 Å². The number of furan rings is 1. The number of thioether (sulfide) groups is 1. The Labute approximate surface area is 177 Å². The fourth-order valence-electron chi connectivity index (χ4n) is 2.65. The van der Waals surface area contributed by atoms with E-state index >= 15 is 0 Å². The van der Waals surface area contributed by atoms with Crippen molar-refractivity contribution in [3.63, 3.8) is 0 Å². The van der Waals surface area contributed by atoms with Crippen molar-refractivity contribution in [3.05, 3.63) is 78.3 Å². The first kappa shape index (κ1) is 21.2. The van der Waals surface area contributed by atoms with E-state index in [1.54, 1.807) is 42.5 Å². The van der Waals surface area contributed by atoms with E-state index in [0.29, 0.717) is 17.8 Å². The van der Waals surface area contributed by atoms with Gasteiger partial charge in [0.05, 0.1) is 17.1 Å². The molecular weight excluding hydrogens is 404 g/mol. The molecule has 8 heteroatoms. The van der Waals surface area contributed by atoms with Crippen molar-refractivity contribution in [2.45, 2.75) is 23.5 Å². The van der Waals surface area contributed by atoms with Crippen molar-refractivity contribution in [3.8, 4) is 0 Å². The van der Waals surface area contributed by atoms with Gasteiger partial charge in [-0.05, 0) is 61.0 Å². The molecule has 3 rings (SSSR count). The van der Waals surface area contributed by atoms with Crippen molar-refractivity contribution in [1.29, 1.82) is 0 Å². The quantitative estimate of drug-likeness (QED) is 0.451. The van der Waals surface area contributed by atoms with Crippen LogP contribution in [0.4, 0.5) is 11.4 Å². The zero-order valence-electron chi connectivity index (χ0n) is 16.1. The minimum absolute atomic E-state index is 0.155. The van der Waals surface area contributed by atoms with Crippen molar-refractivity contribution in [1.82, 2.24) is 0 Å². The molecule has 7 nitrogen and oxygen atoms in total. The molecule has 0 fully saturated rings. The molecule has 1 unspecified atom stereocenters. The Morgan fingerprint density at radius 1 is 1.00 bits per heavy atom. The molecule has 0 aliphatic heterocycles. The Balaban J connectivity index is 1.63. The van der Waals surface area contributed by atoms with Crippen LogP contribution in [0.25, 0.3) is 0 Å². The van der Waals surface area contributed by atoms with Gasteiger partial charge in [0.25, 0.3) is 5.91 Å². The molecular formula is C22H20N2O5S. The van der Waals surface area contributed by atoms with Gasteiger partial charge in [-0.25, -0.2) is 4.79 Å². The molecule has 30 heavy (non-hydrogen) atoms. The third kappa shape index (κ3) is 5.51. The molecule has 1 heterocycles. The summed E-state index contributed by atoms with van der Waals surface area (Å²) in [5, 5.41) is 14.2. The van der Waals surface area contributed by atoms with E-state index in [4.69, 9.17) is 9.52 Å². The van der Waals surface area contributed by atoms with Gasteiger partial charge in [0, 0.05) is 16.3 Å². The summed E-state index contributed by atoms with van der Waals surface area (Å²) in [5.74, 6) is -1.34. The van der Waals surface area contributed by atoms with Gasteiger partial charge in [-0.2, -0.15) is 0 Å². The van der Waals surface area contributed by atoms with Crippen LogP contribution in [0.1, 0.15) is 34.3 Å². The maximum absolute atomic E-state index is 12.7. The molecule has 3 aromatic rings. The molecule has 0 aliphatic rings. The van der Waals surface area contributed by atoms with Gasteiger partial charge in [-0.3, -0.25) is 9.59 Å². The van der Waals surface area contributed by atoms with E-state index < -0.39 is 5.97 Å². The first-order valence-electron chi connectivity index (χ1n) is 9.22. The highest BCUT2D eigenvalue weighted by Gasteiger charge is 2.19. The lowest BCUT2D eigenvalue weighted by molar-refractivity contribution is -0.115. The van der Waals surface area contributed by atoms with Crippen molar-refractivity contribution < 1.29 is 23.9 Å². The van der Waals surface area contributed by atoms with Gasteiger partial charge < -0.3 is 20.2 Å². The summed E-state index contributed by atoms with van der Waals surface area (Å²) in [6.07, 6.45) is 2.02. The van der Waals surface area contributed by atoms with Crippen LogP contribution in [0.5, 0.6) is 0 Å². The Morgan fingerprint density at radius 3 is 2.40 bits per heavy atom. The molecule has 0 spiro atoms. The Morgan fingerprint density at radius 2 is 1.77 bits per heavy atom. The molecule has 0 saturated heterocycles. The number of nitrogens with one attached hydrogen (secondary N) is 2. The highest BCUT2D eigenvalue weighted by Crippen LogP contribution is 2.29. The average molecular weight is 424 g/mol. The molecule has 0 bridgehead atoms. The van der Waals surface area contributed by atoms with Gasteiger partial charge in [0.2, 0.25) is 5.91 Å². The van der Waals surface area contributed by atoms with Crippen LogP contribution in [0, 0.1) is 0 Å². The lowest BCUT2D eigenvalue weighted by atomic mass is 10.2. The third-order valence-corrected chi connectivity index (χ3v) is 5.54. The minimum Gasteiger partial charge on any atom is -0.478 e. The molecule has 0 saturated carbocycles. The topological polar surface area (TPSA) is 109 Å². The number of amides is 2. The van der Waals surface area contributed by atoms with Crippen LogP contribution in [-0.2, 0) is 4.79 Å². The average Bonchev–Trinajstić information content (AvgIpc) is 3.28. The number of carbonyl (C=O) groups is 3. The number of anilines is 2. The summed E-state index contributed by atoms with van der Waals surface area (Å²) >= 11 is 1.38. The number of aromatic carboxylic acids is 1. The summed E-state index contributed by atoms with van der Waals surface area (Å²) in [6, 6.07) is 16.4. The lowest BCUT2D eigenvalue weighted by Gasteiger charge is -2.15. The zero-order valence-corrected chi connectivity index (χ0v) is 16.9. The number of rotatable bonds is 8. The predicted octanol–water partition coefficient (Wildman–Crippen LogP) is 4.74. The summed E-state index contributed by atoms with van der Waals surface area (Å²) in [5.41, 5.74) is 1.28. The summed E-state index contributed by atoms with van der Waals surface area (Å²) < 4.78 is 5.09. The van der Waals surface area contributed by atoms with Crippen LogP contribution < -0.4 is 10.6 Å². The molecule has 1 aromatic heterocycles. The summed E-state index contributed by atoms with van der Waals surface area (Å²) in [7, 11) is 0. The second kappa shape index (κ2) is 9.80. The van der Waals surface area contributed by atoms with E-state index in [-0.39, 0.29) is 28.4 Å². The first-order valence-corrected chi connectivity index (χ1v) is 10.1. The summed E-state index contributed by atoms with van der Waals surface area (Å²) in [6.45, 7) is 1.91. The van der Waals surface area contributed by atoms with Gasteiger partial charge in [-0.15, -0.1) is 11.8 Å². The normalized spacial score (nSPS) is 11.5. The number of hydrogen-bond acceptors (Lipinski definition) is 5. The fraction of sp³-hybridized carbons (Fsp3) is 0.136. The minimum atomic E-state index is -1.02. The van der Waals surface area contributed by atoms with E-state index in [9.17, 15) is 14.4 Å². The SMILES string of the molecule is CCC(Sc1cccc(NC(=O)c2ccco2)c1)C(=O)Nc1ccc(C(=O)O)cc1. The Hall–Kier alpha value is -3.52. The van der Waals surface area contributed by atoms with E-state index in [2.05, 4.69) is 10.6 Å². The van der Waals surface area contributed by atoms with Gasteiger partial charge in [-0.1, -0.05) is 13.0 Å². The maximum atomic E-state index is 12.7. The molecule has 154 valence electrons. The number of benzene rings is 2. The monoisotopic (exact) mass is 424 g/mol. The highest BCUT2D eigenvalue weighted by molar-refractivity contribution is 8.00. The Bertz CT molecular complexity index is 1030. The molecule has 1 atom stereocenters. The molecule has 2 amide bonds. The van der Waals surface area contributed by atoms with Crippen molar-refractivity contribution >= 4 is 40.9 Å². The molecule has 0 radical (unpaired) electrons. The maximum Gasteiger partial charge on any atom is 0.335 e. The fourth-order valence-corrected chi connectivity index (χ4v) is 3.67. The largest absolute Gasteiger partial charge is 0.478 e. The molecule has 0 aliphatic carbocycles. The van der Waals surface area contributed by atoms with Crippen LogP contribution >= 0.6 is 11.8 Å². The first-order chi connectivity index (χ1) is 14.5. The zero-order chi connectivity index (χ0) is 21.5. The van der Waals surface area contributed by atoms with Crippen LogP contribution in [0.3, 0.4) is 0 Å². The van der Waals surface area contributed by atoms with E-state index in [1.807, 2.05) is 13.0 Å². The number of carboxylic acid groups (broad SMARTS) is 1. The molecule has 2 aromatic carbocycles. The van der Waals surface area contributed by atoms with Crippen molar-refractivity contribution in [2.75, 3.05) is 10.6 Å². The summed E-state index contributed by atoms with van der Waals surface area (Å²) in [4.78, 5) is 36.5. The third-order valence-electron chi connectivity index (χ3n) is 4.18. The van der Waals surface area contributed by atoms with E-state index in [0.717, 1.165) is 4.90 Å². The van der Waals surface area contributed by atoms with Crippen LogP contribution in [-0.4, -0.2) is 28.1 Å². The number of carboxylic acids is 1. The smallest absolute Gasteiger partial charge is 0.335 e. The lowest BCUT2D eigenvalue weighted by Crippen LogP contribution is -2.24.